The highest BCUT2D eigenvalue weighted by atomic mass is 79.9. The van der Waals surface area contributed by atoms with Crippen molar-refractivity contribution in [3.05, 3.63) is 28.5 Å². The van der Waals surface area contributed by atoms with Gasteiger partial charge in [0.25, 0.3) is 0 Å². The van der Waals surface area contributed by atoms with Gasteiger partial charge in [0, 0.05) is 16.6 Å². The molecule has 0 fully saturated rings. The van der Waals surface area contributed by atoms with Gasteiger partial charge < -0.3 is 14.8 Å². The second-order valence-electron chi connectivity index (χ2n) is 4.09. The largest absolute Gasteiger partial charge is 0.493 e. The number of nitrogens with zero attached hydrogens (tertiary/aromatic N) is 2. The van der Waals surface area contributed by atoms with Gasteiger partial charge in [0.1, 0.15) is 6.33 Å². The van der Waals surface area contributed by atoms with Crippen molar-refractivity contribution in [1.29, 1.82) is 0 Å². The van der Waals surface area contributed by atoms with Crippen molar-refractivity contribution in [2.45, 2.75) is 19.9 Å². The Balaban J connectivity index is 2.23. The molecule has 7 heteroatoms. The van der Waals surface area contributed by atoms with Crippen LogP contribution in [-0.4, -0.2) is 28.9 Å². The lowest BCUT2D eigenvalue weighted by atomic mass is 10.2. The van der Waals surface area contributed by atoms with Crippen molar-refractivity contribution < 1.29 is 9.47 Å². The number of rotatable bonds is 7. The molecule has 0 aliphatic heterocycles. The van der Waals surface area contributed by atoms with Crippen LogP contribution in [0.3, 0.4) is 0 Å². The number of ether oxygens (including phenoxy) is 2. The van der Waals surface area contributed by atoms with E-state index in [0.29, 0.717) is 19.1 Å². The van der Waals surface area contributed by atoms with Crippen molar-refractivity contribution in [3.63, 3.8) is 0 Å². The number of hydrogen-bond donors (Lipinski definition) is 2. The van der Waals surface area contributed by atoms with Crippen LogP contribution in [0.4, 0.5) is 5.95 Å². The van der Waals surface area contributed by atoms with E-state index in [1.165, 1.54) is 6.33 Å². The number of H-pyrrole nitrogens is 1. The molecule has 1 aromatic heterocycles. The van der Waals surface area contributed by atoms with Crippen LogP contribution in [-0.2, 0) is 6.54 Å². The molecule has 0 bridgehead atoms. The molecule has 1 aromatic carbocycles. The smallest absolute Gasteiger partial charge is 0.218 e. The van der Waals surface area contributed by atoms with Crippen LogP contribution >= 0.6 is 15.9 Å². The zero-order valence-electron chi connectivity index (χ0n) is 11.4. The van der Waals surface area contributed by atoms with E-state index in [2.05, 4.69) is 43.4 Å². The average molecular weight is 341 g/mol. The number of methoxy groups -OCH3 is 1. The fourth-order valence-corrected chi connectivity index (χ4v) is 2.19. The molecule has 0 atom stereocenters. The van der Waals surface area contributed by atoms with E-state index in [-0.39, 0.29) is 0 Å². The highest BCUT2D eigenvalue weighted by molar-refractivity contribution is 9.10. The van der Waals surface area contributed by atoms with E-state index < -0.39 is 0 Å². The minimum absolute atomic E-state index is 0.548. The summed E-state index contributed by atoms with van der Waals surface area (Å²) in [5.41, 5.74) is 0.981. The SMILES string of the molecule is CCCOc1c(OC)ccc(Br)c1CNc1ncn[nH]1. The van der Waals surface area contributed by atoms with E-state index in [0.717, 1.165) is 28.0 Å². The summed E-state index contributed by atoms with van der Waals surface area (Å²) in [6.07, 6.45) is 2.39. The van der Waals surface area contributed by atoms with Crippen LogP contribution in [0.5, 0.6) is 11.5 Å². The Bertz CT molecular complexity index is 546. The molecular formula is C13H17BrN4O2. The second-order valence-corrected chi connectivity index (χ2v) is 4.95. The van der Waals surface area contributed by atoms with Crippen molar-refractivity contribution in [2.24, 2.45) is 0 Å². The number of anilines is 1. The Morgan fingerprint density at radius 1 is 1.40 bits per heavy atom. The molecule has 1 heterocycles. The zero-order valence-corrected chi connectivity index (χ0v) is 13.0. The van der Waals surface area contributed by atoms with Gasteiger partial charge in [-0.05, 0) is 18.6 Å². The maximum absolute atomic E-state index is 5.82. The molecule has 0 spiro atoms. The Morgan fingerprint density at radius 3 is 2.90 bits per heavy atom. The standard InChI is InChI=1S/C13H17BrN4O2/c1-3-6-20-12-9(7-15-13-16-8-17-18-13)10(14)4-5-11(12)19-2/h4-5,8H,3,6-7H2,1-2H3,(H2,15,16,17,18). The van der Waals surface area contributed by atoms with Crippen LogP contribution in [0, 0.1) is 0 Å². The van der Waals surface area contributed by atoms with Crippen LogP contribution in [0.25, 0.3) is 0 Å². The number of aromatic nitrogens is 3. The van der Waals surface area contributed by atoms with E-state index in [1.807, 2.05) is 12.1 Å². The second kappa shape index (κ2) is 7.14. The molecule has 0 aliphatic carbocycles. The molecule has 20 heavy (non-hydrogen) atoms. The number of halogens is 1. The van der Waals surface area contributed by atoms with Crippen LogP contribution in [0.2, 0.25) is 0 Å². The van der Waals surface area contributed by atoms with Gasteiger partial charge in [0.15, 0.2) is 11.5 Å². The lowest BCUT2D eigenvalue weighted by Crippen LogP contribution is -2.07. The summed E-state index contributed by atoms with van der Waals surface area (Å²) in [6.45, 7) is 3.26. The van der Waals surface area contributed by atoms with Gasteiger partial charge in [-0.3, -0.25) is 0 Å². The van der Waals surface area contributed by atoms with Crippen molar-refractivity contribution in [2.75, 3.05) is 19.0 Å². The van der Waals surface area contributed by atoms with Gasteiger partial charge in [-0.15, -0.1) is 0 Å². The lowest BCUT2D eigenvalue weighted by Gasteiger charge is -2.16. The summed E-state index contributed by atoms with van der Waals surface area (Å²) in [5, 5.41) is 9.71. The fraction of sp³-hybridized carbons (Fsp3) is 0.385. The third-order valence-corrected chi connectivity index (χ3v) is 3.43. The van der Waals surface area contributed by atoms with Crippen molar-refractivity contribution in [1.82, 2.24) is 15.2 Å². The lowest BCUT2D eigenvalue weighted by molar-refractivity contribution is 0.291. The van der Waals surface area contributed by atoms with Gasteiger partial charge in [0.2, 0.25) is 5.95 Å². The van der Waals surface area contributed by atoms with E-state index in [9.17, 15) is 0 Å². The van der Waals surface area contributed by atoms with Gasteiger partial charge in [-0.1, -0.05) is 22.9 Å². The number of nitrogens with one attached hydrogen (secondary N) is 2. The third kappa shape index (κ3) is 3.41. The Labute approximate surface area is 126 Å². The summed E-state index contributed by atoms with van der Waals surface area (Å²) in [6, 6.07) is 3.82. The van der Waals surface area contributed by atoms with Gasteiger partial charge in [-0.2, -0.15) is 5.10 Å². The zero-order chi connectivity index (χ0) is 14.4. The van der Waals surface area contributed by atoms with Crippen LogP contribution in [0.1, 0.15) is 18.9 Å². The minimum Gasteiger partial charge on any atom is -0.493 e. The van der Waals surface area contributed by atoms with Crippen LogP contribution < -0.4 is 14.8 Å². The quantitative estimate of drug-likeness (QED) is 0.810. The predicted octanol–water partition coefficient (Wildman–Crippen LogP) is 2.98. The predicted molar refractivity (Wildman–Crippen MR) is 80.2 cm³/mol. The molecule has 2 N–H and O–H groups in total. The molecule has 0 saturated heterocycles. The third-order valence-electron chi connectivity index (χ3n) is 2.69. The molecule has 0 saturated carbocycles. The van der Waals surface area contributed by atoms with Gasteiger partial charge in [-0.25, -0.2) is 10.1 Å². The number of aromatic amines is 1. The Morgan fingerprint density at radius 2 is 2.25 bits per heavy atom. The molecule has 6 nitrogen and oxygen atoms in total. The van der Waals surface area contributed by atoms with Gasteiger partial charge >= 0.3 is 0 Å². The topological polar surface area (TPSA) is 72.1 Å². The first kappa shape index (κ1) is 14.6. The van der Waals surface area contributed by atoms with Crippen LogP contribution in [0.15, 0.2) is 22.9 Å². The average Bonchev–Trinajstić information content (AvgIpc) is 2.97. The molecule has 2 aromatic rings. The minimum atomic E-state index is 0.548. The summed E-state index contributed by atoms with van der Waals surface area (Å²) in [4.78, 5) is 4.03. The first-order valence-electron chi connectivity index (χ1n) is 6.33. The maximum Gasteiger partial charge on any atom is 0.218 e. The molecular weight excluding hydrogens is 324 g/mol. The van der Waals surface area contributed by atoms with Crippen molar-refractivity contribution >= 4 is 21.9 Å². The highest BCUT2D eigenvalue weighted by Gasteiger charge is 2.14. The van der Waals surface area contributed by atoms with Gasteiger partial charge in [0.05, 0.1) is 13.7 Å². The molecule has 0 radical (unpaired) electrons. The molecule has 0 amide bonds. The summed E-state index contributed by atoms with van der Waals surface area (Å²) in [7, 11) is 1.63. The first-order chi connectivity index (χ1) is 9.76. The Kier molecular flexibility index (Phi) is 5.23. The molecule has 108 valence electrons. The number of benzene rings is 1. The summed E-state index contributed by atoms with van der Waals surface area (Å²) in [5.74, 6) is 2.08. The summed E-state index contributed by atoms with van der Waals surface area (Å²) >= 11 is 3.54. The molecule has 0 unspecified atom stereocenters. The van der Waals surface area contributed by atoms with E-state index >= 15 is 0 Å². The number of hydrogen-bond acceptors (Lipinski definition) is 5. The fourth-order valence-electron chi connectivity index (χ4n) is 1.73. The van der Waals surface area contributed by atoms with E-state index in [4.69, 9.17) is 9.47 Å². The molecule has 0 aliphatic rings. The van der Waals surface area contributed by atoms with Crippen molar-refractivity contribution in [3.8, 4) is 11.5 Å². The maximum atomic E-state index is 5.82. The first-order valence-corrected chi connectivity index (χ1v) is 7.13. The molecule has 2 rings (SSSR count). The monoisotopic (exact) mass is 340 g/mol. The Hall–Kier alpha value is -1.76. The highest BCUT2D eigenvalue weighted by Crippen LogP contribution is 2.36. The summed E-state index contributed by atoms with van der Waals surface area (Å²) < 4.78 is 12.1. The normalized spacial score (nSPS) is 10.3. The van der Waals surface area contributed by atoms with E-state index in [1.54, 1.807) is 7.11 Å².